The normalized spacial score (nSPS) is 31.1. The minimum atomic E-state index is 0.364. The molecule has 0 unspecified atom stereocenters. The standard InChI is InChI=1S/C12H22O/c1-5-6-11-9-10(7-8-13-11)12(2,3)4/h5-6,10-11H,7-9H2,1-4H3/b6-5+/t10-,11-/m0/s1. The van der Waals surface area contributed by atoms with Crippen molar-refractivity contribution in [2.75, 3.05) is 6.61 Å². The lowest BCUT2D eigenvalue weighted by molar-refractivity contribution is -0.0106. The highest BCUT2D eigenvalue weighted by Crippen LogP contribution is 2.35. The molecule has 76 valence electrons. The molecule has 0 aliphatic carbocycles. The fraction of sp³-hybridized carbons (Fsp3) is 0.833. The fourth-order valence-corrected chi connectivity index (χ4v) is 1.96. The fourth-order valence-electron chi connectivity index (χ4n) is 1.96. The molecule has 13 heavy (non-hydrogen) atoms. The molecule has 0 N–H and O–H groups in total. The van der Waals surface area contributed by atoms with Gasteiger partial charge in [0, 0.05) is 6.61 Å². The van der Waals surface area contributed by atoms with E-state index in [1.54, 1.807) is 0 Å². The Labute approximate surface area is 82.2 Å². The molecular weight excluding hydrogens is 160 g/mol. The molecule has 1 heteroatoms. The van der Waals surface area contributed by atoms with Gasteiger partial charge in [0.2, 0.25) is 0 Å². The smallest absolute Gasteiger partial charge is 0.0758 e. The van der Waals surface area contributed by atoms with Gasteiger partial charge in [0.15, 0.2) is 0 Å². The average molecular weight is 182 g/mol. The van der Waals surface area contributed by atoms with Crippen molar-refractivity contribution in [3.63, 3.8) is 0 Å². The first-order valence-electron chi connectivity index (χ1n) is 5.28. The number of rotatable bonds is 1. The van der Waals surface area contributed by atoms with E-state index in [1.165, 1.54) is 12.8 Å². The predicted octanol–water partition coefficient (Wildman–Crippen LogP) is 3.40. The zero-order chi connectivity index (χ0) is 9.90. The summed E-state index contributed by atoms with van der Waals surface area (Å²) in [5, 5.41) is 0. The van der Waals surface area contributed by atoms with Crippen molar-refractivity contribution >= 4 is 0 Å². The Kier molecular flexibility index (Phi) is 3.55. The SMILES string of the molecule is C/C=C/[C@H]1C[C@@H](C(C)(C)C)CCO1. The van der Waals surface area contributed by atoms with E-state index in [0.29, 0.717) is 11.5 Å². The molecule has 1 fully saturated rings. The molecule has 0 saturated carbocycles. The van der Waals surface area contributed by atoms with E-state index in [9.17, 15) is 0 Å². The Balaban J connectivity index is 2.51. The van der Waals surface area contributed by atoms with Gasteiger partial charge in [0.25, 0.3) is 0 Å². The van der Waals surface area contributed by atoms with Crippen LogP contribution in [-0.2, 0) is 4.74 Å². The third kappa shape index (κ3) is 3.15. The molecule has 2 atom stereocenters. The summed E-state index contributed by atoms with van der Waals surface area (Å²) < 4.78 is 5.66. The van der Waals surface area contributed by atoms with Gasteiger partial charge in [-0.25, -0.2) is 0 Å². The Morgan fingerprint density at radius 3 is 2.54 bits per heavy atom. The summed E-state index contributed by atoms with van der Waals surface area (Å²) >= 11 is 0. The van der Waals surface area contributed by atoms with E-state index >= 15 is 0 Å². The molecule has 1 aliphatic heterocycles. The second-order valence-corrected chi connectivity index (χ2v) is 5.02. The van der Waals surface area contributed by atoms with Gasteiger partial charge >= 0.3 is 0 Å². The summed E-state index contributed by atoms with van der Waals surface area (Å²) in [5.41, 5.74) is 0.434. The highest BCUT2D eigenvalue weighted by atomic mass is 16.5. The van der Waals surface area contributed by atoms with Gasteiger partial charge in [-0.2, -0.15) is 0 Å². The molecule has 0 bridgehead atoms. The molecule has 1 rings (SSSR count). The van der Waals surface area contributed by atoms with Crippen LogP contribution in [0.15, 0.2) is 12.2 Å². The summed E-state index contributed by atoms with van der Waals surface area (Å²) in [7, 11) is 0. The third-order valence-corrected chi connectivity index (χ3v) is 2.95. The quantitative estimate of drug-likeness (QED) is 0.565. The van der Waals surface area contributed by atoms with Gasteiger partial charge in [-0.1, -0.05) is 32.9 Å². The topological polar surface area (TPSA) is 9.23 Å². The monoisotopic (exact) mass is 182 g/mol. The molecule has 0 spiro atoms. The molecular formula is C12H22O. The minimum absolute atomic E-state index is 0.364. The van der Waals surface area contributed by atoms with Crippen LogP contribution in [-0.4, -0.2) is 12.7 Å². The maximum Gasteiger partial charge on any atom is 0.0758 e. The average Bonchev–Trinajstić information content (AvgIpc) is 2.04. The van der Waals surface area contributed by atoms with Crippen molar-refractivity contribution in [3.05, 3.63) is 12.2 Å². The van der Waals surface area contributed by atoms with E-state index in [-0.39, 0.29) is 0 Å². The van der Waals surface area contributed by atoms with Crippen molar-refractivity contribution < 1.29 is 4.74 Å². The first kappa shape index (κ1) is 10.8. The molecule has 1 nitrogen and oxygen atoms in total. The van der Waals surface area contributed by atoms with Gasteiger partial charge < -0.3 is 4.74 Å². The zero-order valence-electron chi connectivity index (χ0n) is 9.34. The van der Waals surface area contributed by atoms with Crippen molar-refractivity contribution in [1.29, 1.82) is 0 Å². The third-order valence-electron chi connectivity index (χ3n) is 2.95. The zero-order valence-corrected chi connectivity index (χ0v) is 9.34. The first-order valence-corrected chi connectivity index (χ1v) is 5.28. The van der Waals surface area contributed by atoms with Crippen molar-refractivity contribution in [1.82, 2.24) is 0 Å². The Morgan fingerprint density at radius 2 is 2.00 bits per heavy atom. The maximum absolute atomic E-state index is 5.66. The first-order chi connectivity index (χ1) is 6.04. The summed E-state index contributed by atoms with van der Waals surface area (Å²) in [6.45, 7) is 9.97. The van der Waals surface area contributed by atoms with Gasteiger partial charge in [0.05, 0.1) is 6.10 Å². The molecule has 0 aromatic rings. The van der Waals surface area contributed by atoms with Crippen LogP contribution in [0.3, 0.4) is 0 Å². The van der Waals surface area contributed by atoms with Gasteiger partial charge in [-0.15, -0.1) is 0 Å². The van der Waals surface area contributed by atoms with Crippen LogP contribution in [0, 0.1) is 11.3 Å². The van der Waals surface area contributed by atoms with Crippen LogP contribution in [0.25, 0.3) is 0 Å². The Bertz CT molecular complexity index is 176. The molecule has 0 aromatic heterocycles. The number of ether oxygens (including phenoxy) is 1. The van der Waals surface area contributed by atoms with Crippen LogP contribution in [0.5, 0.6) is 0 Å². The van der Waals surface area contributed by atoms with E-state index in [0.717, 1.165) is 12.5 Å². The van der Waals surface area contributed by atoms with Gasteiger partial charge in [-0.3, -0.25) is 0 Å². The highest BCUT2D eigenvalue weighted by molar-refractivity contribution is 4.92. The van der Waals surface area contributed by atoms with E-state index in [1.807, 2.05) is 0 Å². The summed E-state index contributed by atoms with van der Waals surface area (Å²) in [6, 6.07) is 0. The molecule has 0 radical (unpaired) electrons. The second-order valence-electron chi connectivity index (χ2n) is 5.02. The van der Waals surface area contributed by atoms with Gasteiger partial charge in [0.1, 0.15) is 0 Å². The lowest BCUT2D eigenvalue weighted by Crippen LogP contribution is -2.32. The summed E-state index contributed by atoms with van der Waals surface area (Å²) in [5.74, 6) is 0.808. The van der Waals surface area contributed by atoms with Crippen molar-refractivity contribution in [2.24, 2.45) is 11.3 Å². The molecule has 1 aliphatic rings. The molecule has 1 saturated heterocycles. The molecule has 0 aromatic carbocycles. The number of hydrogen-bond acceptors (Lipinski definition) is 1. The molecule has 0 amide bonds. The summed E-state index contributed by atoms with van der Waals surface area (Å²) in [4.78, 5) is 0. The predicted molar refractivity (Wildman–Crippen MR) is 56.7 cm³/mol. The van der Waals surface area contributed by atoms with E-state index < -0.39 is 0 Å². The Morgan fingerprint density at radius 1 is 1.31 bits per heavy atom. The summed E-state index contributed by atoms with van der Waals surface area (Å²) in [6.07, 6.45) is 7.04. The number of allylic oxidation sites excluding steroid dienone is 1. The minimum Gasteiger partial charge on any atom is -0.374 e. The lowest BCUT2D eigenvalue weighted by Gasteiger charge is -2.36. The van der Waals surface area contributed by atoms with Crippen LogP contribution in [0.2, 0.25) is 0 Å². The van der Waals surface area contributed by atoms with E-state index in [4.69, 9.17) is 4.74 Å². The van der Waals surface area contributed by atoms with Crippen molar-refractivity contribution in [3.8, 4) is 0 Å². The second kappa shape index (κ2) is 4.28. The highest BCUT2D eigenvalue weighted by Gasteiger charge is 2.29. The number of hydrogen-bond donors (Lipinski definition) is 0. The van der Waals surface area contributed by atoms with E-state index in [2.05, 4.69) is 39.8 Å². The van der Waals surface area contributed by atoms with Crippen molar-refractivity contribution in [2.45, 2.75) is 46.6 Å². The van der Waals surface area contributed by atoms with Crippen LogP contribution in [0.1, 0.15) is 40.5 Å². The maximum atomic E-state index is 5.66. The van der Waals surface area contributed by atoms with Crippen LogP contribution < -0.4 is 0 Å². The lowest BCUT2D eigenvalue weighted by atomic mass is 9.75. The molecule has 1 heterocycles. The van der Waals surface area contributed by atoms with Crippen LogP contribution >= 0.6 is 0 Å². The van der Waals surface area contributed by atoms with Crippen LogP contribution in [0.4, 0.5) is 0 Å². The Hall–Kier alpha value is -0.300. The largest absolute Gasteiger partial charge is 0.374 e. The van der Waals surface area contributed by atoms with Gasteiger partial charge in [-0.05, 0) is 31.1 Å².